The number of likely N-dealkylation sites (tertiary alicyclic amines) is 1. The van der Waals surface area contributed by atoms with Crippen molar-refractivity contribution in [1.29, 1.82) is 0 Å². The summed E-state index contributed by atoms with van der Waals surface area (Å²) >= 11 is 5.75. The summed E-state index contributed by atoms with van der Waals surface area (Å²) in [5.74, 6) is -0.221. The molecule has 2 heterocycles. The van der Waals surface area contributed by atoms with Crippen LogP contribution in [0.3, 0.4) is 0 Å². The molecule has 0 aromatic carbocycles. The van der Waals surface area contributed by atoms with Crippen LogP contribution >= 0.6 is 11.6 Å². The number of hydrogen-bond acceptors (Lipinski definition) is 3. The molecule has 0 bridgehead atoms. The third-order valence-corrected chi connectivity index (χ3v) is 5.27. The van der Waals surface area contributed by atoms with Gasteiger partial charge >= 0.3 is 0 Å². The SMILES string of the molecule is CCNS(=O)(=O)[C@H]1CCN(C(=O)c2cc(Cl)c[nH]2)C1. The Hall–Kier alpha value is -1.05. The second-order valence-electron chi connectivity index (χ2n) is 4.44. The van der Waals surface area contributed by atoms with Crippen molar-refractivity contribution in [2.24, 2.45) is 0 Å². The fourth-order valence-electron chi connectivity index (χ4n) is 2.15. The summed E-state index contributed by atoms with van der Waals surface area (Å²) in [5, 5.41) is -0.0822. The molecular weight excluding hydrogens is 290 g/mol. The molecule has 8 heteroatoms. The number of halogens is 1. The first-order valence-corrected chi connectivity index (χ1v) is 7.98. The number of carbonyl (C=O) groups is 1. The molecule has 1 fully saturated rings. The minimum absolute atomic E-state index is 0.213. The molecule has 106 valence electrons. The predicted octanol–water partition coefficient (Wildman–Crippen LogP) is 0.822. The van der Waals surface area contributed by atoms with Crippen molar-refractivity contribution in [1.82, 2.24) is 14.6 Å². The monoisotopic (exact) mass is 305 g/mol. The first-order chi connectivity index (χ1) is 8.94. The molecule has 0 spiro atoms. The highest BCUT2D eigenvalue weighted by atomic mass is 35.5. The van der Waals surface area contributed by atoms with E-state index in [-0.39, 0.29) is 12.5 Å². The maximum atomic E-state index is 12.1. The molecule has 1 aliphatic heterocycles. The van der Waals surface area contributed by atoms with Crippen LogP contribution in [0.1, 0.15) is 23.8 Å². The summed E-state index contributed by atoms with van der Waals surface area (Å²) in [4.78, 5) is 16.4. The van der Waals surface area contributed by atoms with Gasteiger partial charge in [-0.2, -0.15) is 0 Å². The second kappa shape index (κ2) is 5.52. The van der Waals surface area contributed by atoms with Gasteiger partial charge in [-0.3, -0.25) is 4.79 Å². The predicted molar refractivity (Wildman–Crippen MR) is 72.7 cm³/mol. The Bertz CT molecular complexity index is 569. The van der Waals surface area contributed by atoms with Crippen LogP contribution in [0.15, 0.2) is 12.3 Å². The Morgan fingerprint density at radius 1 is 1.63 bits per heavy atom. The standard InChI is InChI=1S/C11H16ClN3O3S/c1-2-14-19(17,18)9-3-4-15(7-9)11(16)10-5-8(12)6-13-10/h5-6,9,13-14H,2-4,7H2,1H3/t9-/m0/s1. The van der Waals surface area contributed by atoms with Gasteiger partial charge in [-0.1, -0.05) is 18.5 Å². The molecule has 0 radical (unpaired) electrons. The Morgan fingerprint density at radius 2 is 2.37 bits per heavy atom. The van der Waals surface area contributed by atoms with Crippen LogP contribution in [0, 0.1) is 0 Å². The van der Waals surface area contributed by atoms with Gasteiger partial charge in [0.1, 0.15) is 5.69 Å². The molecule has 1 saturated heterocycles. The highest BCUT2D eigenvalue weighted by Crippen LogP contribution is 2.19. The van der Waals surface area contributed by atoms with Crippen molar-refractivity contribution >= 4 is 27.5 Å². The quantitative estimate of drug-likeness (QED) is 0.864. The number of sulfonamides is 1. The van der Waals surface area contributed by atoms with Gasteiger partial charge in [-0.15, -0.1) is 0 Å². The van der Waals surface area contributed by atoms with Crippen molar-refractivity contribution in [3.05, 3.63) is 23.0 Å². The van der Waals surface area contributed by atoms with Gasteiger partial charge in [0.2, 0.25) is 10.0 Å². The number of aromatic amines is 1. The van der Waals surface area contributed by atoms with Crippen molar-refractivity contribution < 1.29 is 13.2 Å². The molecule has 0 aliphatic carbocycles. The van der Waals surface area contributed by atoms with Crippen LogP contribution in [0.25, 0.3) is 0 Å². The Labute approximate surface area is 117 Å². The van der Waals surface area contributed by atoms with E-state index in [0.29, 0.717) is 30.2 Å². The molecule has 2 rings (SSSR count). The average Bonchev–Trinajstić information content (AvgIpc) is 2.96. The first-order valence-electron chi connectivity index (χ1n) is 6.05. The molecule has 6 nitrogen and oxygen atoms in total. The van der Waals surface area contributed by atoms with Crippen LogP contribution in [0.4, 0.5) is 0 Å². The molecule has 0 unspecified atom stereocenters. The molecule has 19 heavy (non-hydrogen) atoms. The van der Waals surface area contributed by atoms with Gasteiger partial charge in [0.25, 0.3) is 5.91 Å². The minimum atomic E-state index is -3.33. The zero-order chi connectivity index (χ0) is 14.0. The highest BCUT2D eigenvalue weighted by Gasteiger charge is 2.35. The maximum Gasteiger partial charge on any atom is 0.270 e. The van der Waals surface area contributed by atoms with Gasteiger partial charge in [-0.05, 0) is 12.5 Å². The lowest BCUT2D eigenvalue weighted by Crippen LogP contribution is -2.37. The molecule has 1 aromatic heterocycles. The van der Waals surface area contributed by atoms with E-state index in [4.69, 9.17) is 11.6 Å². The fourth-order valence-corrected chi connectivity index (χ4v) is 3.74. The summed E-state index contributed by atoms with van der Waals surface area (Å²) in [6.07, 6.45) is 1.98. The largest absolute Gasteiger partial charge is 0.356 e. The number of H-pyrrole nitrogens is 1. The minimum Gasteiger partial charge on any atom is -0.356 e. The van der Waals surface area contributed by atoms with E-state index in [1.54, 1.807) is 6.92 Å². The molecule has 0 saturated carbocycles. The van der Waals surface area contributed by atoms with Crippen molar-refractivity contribution in [3.8, 4) is 0 Å². The van der Waals surface area contributed by atoms with Gasteiger partial charge in [0.05, 0.1) is 10.3 Å². The summed E-state index contributed by atoms with van der Waals surface area (Å²) in [7, 11) is -3.33. The van der Waals surface area contributed by atoms with Gasteiger partial charge < -0.3 is 9.88 Å². The molecule has 1 aliphatic rings. The number of nitrogens with one attached hydrogen (secondary N) is 2. The number of rotatable bonds is 4. The summed E-state index contributed by atoms with van der Waals surface area (Å²) in [6.45, 7) is 2.74. The zero-order valence-corrected chi connectivity index (χ0v) is 12.1. The van der Waals surface area contributed by atoms with E-state index in [1.807, 2.05) is 0 Å². The van der Waals surface area contributed by atoms with E-state index in [2.05, 4.69) is 9.71 Å². The van der Waals surface area contributed by atoms with E-state index < -0.39 is 15.3 Å². The van der Waals surface area contributed by atoms with Crippen LogP contribution in [0.2, 0.25) is 5.02 Å². The topological polar surface area (TPSA) is 82.3 Å². The normalized spacial score (nSPS) is 19.9. The second-order valence-corrected chi connectivity index (χ2v) is 6.92. The molecule has 1 amide bonds. The highest BCUT2D eigenvalue weighted by molar-refractivity contribution is 7.90. The van der Waals surface area contributed by atoms with Crippen LogP contribution in [0.5, 0.6) is 0 Å². The number of nitrogens with zero attached hydrogens (tertiary/aromatic N) is 1. The van der Waals surface area contributed by atoms with E-state index >= 15 is 0 Å². The third kappa shape index (κ3) is 3.10. The van der Waals surface area contributed by atoms with E-state index in [0.717, 1.165) is 0 Å². The first kappa shape index (κ1) is 14.4. The zero-order valence-electron chi connectivity index (χ0n) is 10.5. The average molecular weight is 306 g/mol. The van der Waals surface area contributed by atoms with Gasteiger partial charge in [-0.25, -0.2) is 13.1 Å². The van der Waals surface area contributed by atoms with Crippen LogP contribution in [-0.4, -0.2) is 49.1 Å². The van der Waals surface area contributed by atoms with E-state index in [1.165, 1.54) is 17.2 Å². The van der Waals surface area contributed by atoms with Gasteiger partial charge in [0, 0.05) is 25.8 Å². The number of aromatic nitrogens is 1. The summed E-state index contributed by atoms with van der Waals surface area (Å²) in [6, 6.07) is 1.54. The smallest absolute Gasteiger partial charge is 0.270 e. The number of hydrogen-bond donors (Lipinski definition) is 2. The Kier molecular flexibility index (Phi) is 4.17. The lowest BCUT2D eigenvalue weighted by molar-refractivity contribution is 0.0788. The van der Waals surface area contributed by atoms with E-state index in [9.17, 15) is 13.2 Å². The Balaban J connectivity index is 2.04. The lowest BCUT2D eigenvalue weighted by atomic mass is 10.4. The number of carbonyl (C=O) groups excluding carboxylic acids is 1. The summed E-state index contributed by atoms with van der Waals surface area (Å²) in [5.41, 5.74) is 0.381. The van der Waals surface area contributed by atoms with Crippen molar-refractivity contribution in [2.45, 2.75) is 18.6 Å². The molecule has 2 N–H and O–H groups in total. The fraction of sp³-hybridized carbons (Fsp3) is 0.545. The van der Waals surface area contributed by atoms with Crippen molar-refractivity contribution in [2.75, 3.05) is 19.6 Å². The lowest BCUT2D eigenvalue weighted by Gasteiger charge is -2.16. The maximum absolute atomic E-state index is 12.1. The molecule has 1 aromatic rings. The Morgan fingerprint density at radius 3 is 2.95 bits per heavy atom. The van der Waals surface area contributed by atoms with Crippen molar-refractivity contribution in [3.63, 3.8) is 0 Å². The molecular formula is C11H16ClN3O3S. The van der Waals surface area contributed by atoms with Crippen LogP contribution in [-0.2, 0) is 10.0 Å². The third-order valence-electron chi connectivity index (χ3n) is 3.09. The molecule has 1 atom stereocenters. The summed E-state index contributed by atoms with van der Waals surface area (Å²) < 4.78 is 26.2. The number of amides is 1. The van der Waals surface area contributed by atoms with Crippen LogP contribution < -0.4 is 4.72 Å². The van der Waals surface area contributed by atoms with Gasteiger partial charge in [0.15, 0.2) is 0 Å².